The fourth-order valence-corrected chi connectivity index (χ4v) is 2.08. The monoisotopic (exact) mass is 227 g/mol. The molecule has 4 nitrogen and oxygen atoms in total. The largest absolute Gasteiger partial charge is 0.409 e. The van der Waals surface area contributed by atoms with Crippen molar-refractivity contribution in [2.24, 2.45) is 16.8 Å². The zero-order chi connectivity index (χ0) is 11.3. The summed E-state index contributed by atoms with van der Waals surface area (Å²) in [6.45, 7) is 3.62. The van der Waals surface area contributed by atoms with Crippen molar-refractivity contribution in [3.63, 3.8) is 0 Å². The Hall–Kier alpha value is -1.07. The summed E-state index contributed by atoms with van der Waals surface area (Å²) < 4.78 is 0. The molecule has 0 saturated heterocycles. The average molecular weight is 227 g/mol. The van der Waals surface area contributed by atoms with Gasteiger partial charge in [-0.2, -0.15) is 11.3 Å². The number of hydrogen-bond donors (Lipinski definition) is 2. The topological polar surface area (TPSA) is 61.8 Å². The Bertz CT molecular complexity index is 310. The molecule has 0 fully saturated rings. The number of amidine groups is 1. The molecule has 0 aliphatic carbocycles. The summed E-state index contributed by atoms with van der Waals surface area (Å²) in [6.07, 6.45) is 0. The van der Waals surface area contributed by atoms with Gasteiger partial charge in [-0.05, 0) is 29.4 Å². The van der Waals surface area contributed by atoms with E-state index in [0.29, 0.717) is 0 Å². The normalized spacial score (nSPS) is 14.5. The summed E-state index contributed by atoms with van der Waals surface area (Å²) in [7, 11) is 2.03. The van der Waals surface area contributed by atoms with E-state index in [-0.39, 0.29) is 11.8 Å². The van der Waals surface area contributed by atoms with Crippen molar-refractivity contribution in [1.82, 2.24) is 4.90 Å². The van der Waals surface area contributed by atoms with Crippen LogP contribution in [0.5, 0.6) is 0 Å². The second kappa shape index (κ2) is 5.72. The second-order valence-electron chi connectivity index (χ2n) is 3.75. The van der Waals surface area contributed by atoms with Gasteiger partial charge in [0.2, 0.25) is 0 Å². The second-order valence-corrected chi connectivity index (χ2v) is 4.53. The average Bonchev–Trinajstić information content (AvgIpc) is 2.68. The molecule has 1 aromatic heterocycles. The number of nitrogens with two attached hydrogens (primary N) is 1. The quantitative estimate of drug-likeness (QED) is 0.347. The smallest absolute Gasteiger partial charge is 0.143 e. The number of rotatable bonds is 5. The molecule has 15 heavy (non-hydrogen) atoms. The number of nitrogens with zero attached hydrogens (tertiary/aromatic N) is 2. The molecule has 1 heterocycles. The first-order valence-corrected chi connectivity index (χ1v) is 5.74. The van der Waals surface area contributed by atoms with Crippen molar-refractivity contribution >= 4 is 17.2 Å². The van der Waals surface area contributed by atoms with E-state index in [1.54, 1.807) is 11.3 Å². The van der Waals surface area contributed by atoms with Crippen LogP contribution in [-0.4, -0.2) is 29.5 Å². The van der Waals surface area contributed by atoms with Gasteiger partial charge < -0.3 is 15.8 Å². The Morgan fingerprint density at radius 2 is 2.47 bits per heavy atom. The lowest BCUT2D eigenvalue weighted by molar-refractivity contribution is 0.291. The van der Waals surface area contributed by atoms with Crippen LogP contribution in [0.3, 0.4) is 0 Å². The van der Waals surface area contributed by atoms with E-state index >= 15 is 0 Å². The van der Waals surface area contributed by atoms with E-state index in [2.05, 4.69) is 26.9 Å². The maximum absolute atomic E-state index is 8.52. The molecule has 0 amide bonds. The maximum Gasteiger partial charge on any atom is 0.143 e. The van der Waals surface area contributed by atoms with Gasteiger partial charge in [-0.15, -0.1) is 0 Å². The van der Waals surface area contributed by atoms with Gasteiger partial charge in [0.05, 0.1) is 0 Å². The van der Waals surface area contributed by atoms with Gasteiger partial charge in [0.1, 0.15) is 5.84 Å². The van der Waals surface area contributed by atoms with Gasteiger partial charge in [0, 0.05) is 19.0 Å². The molecule has 0 spiro atoms. The molecule has 3 N–H and O–H groups in total. The van der Waals surface area contributed by atoms with E-state index in [9.17, 15) is 0 Å². The molecular formula is C10H17N3OS. The van der Waals surface area contributed by atoms with E-state index in [1.165, 1.54) is 5.56 Å². The summed E-state index contributed by atoms with van der Waals surface area (Å²) >= 11 is 1.70. The Kier molecular flexibility index (Phi) is 4.58. The minimum absolute atomic E-state index is 0.0682. The molecule has 0 bridgehead atoms. The third-order valence-electron chi connectivity index (χ3n) is 2.24. The van der Waals surface area contributed by atoms with Crippen molar-refractivity contribution in [3.8, 4) is 0 Å². The minimum atomic E-state index is 0.0682. The van der Waals surface area contributed by atoms with Crippen molar-refractivity contribution in [2.45, 2.75) is 13.5 Å². The van der Waals surface area contributed by atoms with Gasteiger partial charge in [0.15, 0.2) is 0 Å². The van der Waals surface area contributed by atoms with Crippen molar-refractivity contribution in [1.29, 1.82) is 0 Å². The lowest BCUT2D eigenvalue weighted by Crippen LogP contribution is -2.32. The maximum atomic E-state index is 8.52. The van der Waals surface area contributed by atoms with Gasteiger partial charge >= 0.3 is 0 Å². The standard InChI is InChI=1S/C10H17N3OS/c1-8(10(11)12-14)5-13(2)6-9-3-4-15-7-9/h3-4,7-8,14H,5-6H2,1-2H3,(H2,11,12). The van der Waals surface area contributed by atoms with Crippen LogP contribution in [0, 0.1) is 5.92 Å². The molecule has 0 aliphatic heterocycles. The lowest BCUT2D eigenvalue weighted by Gasteiger charge is -2.19. The molecule has 0 saturated carbocycles. The molecule has 0 aromatic carbocycles. The Morgan fingerprint density at radius 3 is 3.00 bits per heavy atom. The van der Waals surface area contributed by atoms with E-state index in [1.807, 2.05) is 14.0 Å². The third-order valence-corrected chi connectivity index (χ3v) is 2.97. The van der Waals surface area contributed by atoms with Crippen LogP contribution < -0.4 is 5.73 Å². The van der Waals surface area contributed by atoms with Crippen LogP contribution in [0.2, 0.25) is 0 Å². The Morgan fingerprint density at radius 1 is 1.73 bits per heavy atom. The van der Waals surface area contributed by atoms with Crippen LogP contribution in [0.1, 0.15) is 12.5 Å². The van der Waals surface area contributed by atoms with Crippen LogP contribution in [0.25, 0.3) is 0 Å². The summed E-state index contributed by atoms with van der Waals surface area (Å²) in [5.74, 6) is 0.353. The van der Waals surface area contributed by atoms with Gasteiger partial charge in [-0.25, -0.2) is 0 Å². The third kappa shape index (κ3) is 3.89. The first-order valence-electron chi connectivity index (χ1n) is 4.80. The highest BCUT2D eigenvalue weighted by atomic mass is 32.1. The minimum Gasteiger partial charge on any atom is -0.409 e. The fraction of sp³-hybridized carbons (Fsp3) is 0.500. The van der Waals surface area contributed by atoms with Crippen molar-refractivity contribution in [3.05, 3.63) is 22.4 Å². The predicted octanol–water partition coefficient (Wildman–Crippen LogP) is 1.56. The summed E-state index contributed by atoms with van der Waals surface area (Å²) in [6, 6.07) is 2.11. The van der Waals surface area contributed by atoms with Gasteiger partial charge in [-0.3, -0.25) is 0 Å². The fourth-order valence-electron chi connectivity index (χ4n) is 1.42. The van der Waals surface area contributed by atoms with Crippen molar-refractivity contribution in [2.75, 3.05) is 13.6 Å². The summed E-state index contributed by atoms with van der Waals surface area (Å²) in [5, 5.41) is 15.7. The molecule has 0 radical (unpaired) electrons. The SMILES string of the molecule is CC(CN(C)Cc1ccsc1)/C(N)=N/O. The highest BCUT2D eigenvalue weighted by Gasteiger charge is 2.10. The van der Waals surface area contributed by atoms with Gasteiger partial charge in [-0.1, -0.05) is 12.1 Å². The van der Waals surface area contributed by atoms with E-state index in [0.717, 1.165) is 13.1 Å². The molecule has 1 aromatic rings. The summed E-state index contributed by atoms with van der Waals surface area (Å²) in [5.41, 5.74) is 6.81. The highest BCUT2D eigenvalue weighted by Crippen LogP contribution is 2.09. The number of thiophene rings is 1. The zero-order valence-corrected chi connectivity index (χ0v) is 9.87. The van der Waals surface area contributed by atoms with Crippen LogP contribution in [0.4, 0.5) is 0 Å². The highest BCUT2D eigenvalue weighted by molar-refractivity contribution is 7.07. The van der Waals surface area contributed by atoms with Crippen LogP contribution >= 0.6 is 11.3 Å². The summed E-state index contributed by atoms with van der Waals surface area (Å²) in [4.78, 5) is 2.16. The Labute approximate surface area is 94.0 Å². The van der Waals surface area contributed by atoms with Crippen molar-refractivity contribution < 1.29 is 5.21 Å². The predicted molar refractivity (Wildman–Crippen MR) is 63.2 cm³/mol. The van der Waals surface area contributed by atoms with Gasteiger partial charge in [0.25, 0.3) is 0 Å². The molecule has 5 heteroatoms. The molecule has 1 rings (SSSR count). The molecule has 84 valence electrons. The van der Waals surface area contributed by atoms with E-state index in [4.69, 9.17) is 10.9 Å². The lowest BCUT2D eigenvalue weighted by atomic mass is 10.1. The molecule has 1 unspecified atom stereocenters. The molecular weight excluding hydrogens is 210 g/mol. The number of hydrogen-bond acceptors (Lipinski definition) is 4. The van der Waals surface area contributed by atoms with Crippen LogP contribution in [-0.2, 0) is 6.54 Å². The van der Waals surface area contributed by atoms with E-state index < -0.39 is 0 Å². The van der Waals surface area contributed by atoms with Crippen LogP contribution in [0.15, 0.2) is 22.0 Å². The molecule has 0 aliphatic rings. The number of oxime groups is 1. The Balaban J connectivity index is 2.39. The zero-order valence-electron chi connectivity index (χ0n) is 9.05. The first kappa shape index (κ1) is 12.0. The molecule has 1 atom stereocenters. The first-order chi connectivity index (χ1) is 7.13.